The van der Waals surface area contributed by atoms with Gasteiger partial charge in [-0.05, 0) is 36.8 Å². The van der Waals surface area contributed by atoms with Gasteiger partial charge in [0.1, 0.15) is 24.6 Å². The van der Waals surface area contributed by atoms with Crippen molar-refractivity contribution in [2.24, 2.45) is 10.3 Å². The number of thioether (sulfide) groups is 2. The van der Waals surface area contributed by atoms with Crippen molar-refractivity contribution in [1.82, 2.24) is 0 Å². The van der Waals surface area contributed by atoms with Crippen LogP contribution in [0.15, 0.2) is 68.6 Å². The molecular weight excluding hydrogens is 549 g/mol. The molecule has 2 aromatic rings. The van der Waals surface area contributed by atoms with Gasteiger partial charge < -0.3 is 9.68 Å². The van der Waals surface area contributed by atoms with Gasteiger partial charge in [0.05, 0.1) is 0 Å². The fraction of sp³-hybridized carbons (Fsp3) is 0.364. The average molecular weight is 571 g/mol. The second-order valence-corrected chi connectivity index (χ2v) is 13.3. The van der Waals surface area contributed by atoms with Crippen molar-refractivity contribution in [1.29, 1.82) is 0 Å². The maximum absolute atomic E-state index is 11.8. The van der Waals surface area contributed by atoms with E-state index in [9.17, 15) is 16.8 Å². The minimum absolute atomic E-state index is 0.0445. The Morgan fingerprint density at radius 1 is 0.667 bits per heavy atom. The van der Waals surface area contributed by atoms with Gasteiger partial charge in [-0.15, -0.1) is 23.5 Å². The highest BCUT2D eigenvalue weighted by Gasteiger charge is 2.52. The van der Waals surface area contributed by atoms with Crippen molar-refractivity contribution in [2.75, 3.05) is 25.7 Å². The number of oxime groups is 2. The van der Waals surface area contributed by atoms with Gasteiger partial charge in [-0.1, -0.05) is 34.6 Å². The molecule has 0 spiro atoms. The molecule has 0 amide bonds. The molecule has 4 heterocycles. The zero-order valence-corrected chi connectivity index (χ0v) is 22.4. The van der Waals surface area contributed by atoms with E-state index < -0.39 is 42.9 Å². The molecule has 0 aromatic heterocycles. The van der Waals surface area contributed by atoms with Crippen LogP contribution in [-0.4, -0.2) is 76.7 Å². The quantitative estimate of drug-likeness (QED) is 0.399. The molecular formula is C22H22N2O8S4. The van der Waals surface area contributed by atoms with E-state index in [0.29, 0.717) is 11.4 Å². The molecule has 10 nitrogen and oxygen atoms in total. The molecule has 0 N–H and O–H groups in total. The van der Waals surface area contributed by atoms with E-state index >= 15 is 0 Å². The largest absolute Gasteiger partial charge is 0.388 e. The van der Waals surface area contributed by atoms with Crippen LogP contribution in [0, 0.1) is 0 Å². The lowest BCUT2D eigenvalue weighted by atomic mass is 10.1. The Morgan fingerprint density at radius 2 is 1.03 bits per heavy atom. The molecule has 36 heavy (non-hydrogen) atoms. The monoisotopic (exact) mass is 570 g/mol. The van der Waals surface area contributed by atoms with Crippen LogP contribution in [0.2, 0.25) is 0 Å². The minimum Gasteiger partial charge on any atom is -0.388 e. The van der Waals surface area contributed by atoms with Gasteiger partial charge in [-0.3, -0.25) is 8.37 Å². The van der Waals surface area contributed by atoms with Crippen LogP contribution < -0.4 is 0 Å². The van der Waals surface area contributed by atoms with Crippen LogP contribution in [0.4, 0.5) is 0 Å². The Morgan fingerprint density at radius 3 is 1.36 bits per heavy atom. The fourth-order valence-corrected chi connectivity index (χ4v) is 7.79. The number of nitrogens with zero attached hydrogens (tertiary/aromatic N) is 2. The standard InChI is InChI=1S/2C11H11NO4S2/c2*1-17-8-4-2-7(3-5-8)10-11-9(16-12-10)6-15-18(11,13)14/h2*2-5,9,11H,6H2,1H3/t2*9-,11+/m11/s1. The van der Waals surface area contributed by atoms with E-state index in [1.165, 1.54) is 0 Å². The topological polar surface area (TPSA) is 130 Å². The molecule has 0 unspecified atom stereocenters. The summed E-state index contributed by atoms with van der Waals surface area (Å²) in [5.74, 6) is 0. The van der Waals surface area contributed by atoms with Crippen molar-refractivity contribution in [3.05, 3.63) is 59.7 Å². The van der Waals surface area contributed by atoms with Gasteiger partial charge in [-0.2, -0.15) is 16.8 Å². The summed E-state index contributed by atoms with van der Waals surface area (Å²) in [7, 11) is -7.20. The van der Waals surface area contributed by atoms with E-state index in [1.54, 1.807) is 23.5 Å². The Bertz CT molecular complexity index is 1300. The molecule has 4 atom stereocenters. The summed E-state index contributed by atoms with van der Waals surface area (Å²) in [5.41, 5.74) is 2.39. The third kappa shape index (κ3) is 4.77. The number of fused-ring (bicyclic) bond motifs is 2. The third-order valence-electron chi connectivity index (χ3n) is 5.97. The van der Waals surface area contributed by atoms with Gasteiger partial charge in [0.15, 0.2) is 22.7 Å². The van der Waals surface area contributed by atoms with Gasteiger partial charge in [0.2, 0.25) is 0 Å². The molecule has 0 radical (unpaired) electrons. The molecule has 6 rings (SSSR count). The van der Waals surface area contributed by atoms with Crippen molar-refractivity contribution in [2.45, 2.75) is 32.5 Å². The predicted molar refractivity (Wildman–Crippen MR) is 137 cm³/mol. The SMILES string of the molecule is CSc1ccc(C2=NO[C@@H]3COS(=O)(=O)[C@H]23)cc1.CSc1ccc(C2=NO[C@@H]3COS(=O)(=O)[C@H]23)cc1. The molecule has 2 saturated heterocycles. The molecule has 4 aliphatic rings. The first-order chi connectivity index (χ1) is 17.2. The van der Waals surface area contributed by atoms with E-state index in [4.69, 9.17) is 18.0 Å². The summed E-state index contributed by atoms with van der Waals surface area (Å²) in [4.78, 5) is 12.5. The lowest BCUT2D eigenvalue weighted by molar-refractivity contribution is 0.0683. The smallest absolute Gasteiger partial charge is 0.280 e. The number of rotatable bonds is 4. The summed E-state index contributed by atoms with van der Waals surface area (Å²) in [6, 6.07) is 15.1. The third-order valence-corrected chi connectivity index (χ3v) is 10.7. The van der Waals surface area contributed by atoms with Gasteiger partial charge in [0, 0.05) is 20.9 Å². The second-order valence-electron chi connectivity index (χ2n) is 8.09. The average Bonchev–Trinajstić information content (AvgIpc) is 3.64. The highest BCUT2D eigenvalue weighted by molar-refractivity contribution is 7.98. The van der Waals surface area contributed by atoms with Gasteiger partial charge in [0.25, 0.3) is 20.2 Å². The first kappa shape index (κ1) is 25.5. The highest BCUT2D eigenvalue weighted by Crippen LogP contribution is 2.32. The lowest BCUT2D eigenvalue weighted by Gasteiger charge is -2.07. The Kier molecular flexibility index (Phi) is 7.09. The van der Waals surface area contributed by atoms with Crippen molar-refractivity contribution in [3.63, 3.8) is 0 Å². The van der Waals surface area contributed by atoms with E-state index in [1.807, 2.05) is 61.0 Å². The van der Waals surface area contributed by atoms with Crippen LogP contribution in [0.5, 0.6) is 0 Å². The van der Waals surface area contributed by atoms with Crippen molar-refractivity contribution in [3.8, 4) is 0 Å². The normalized spacial score (nSPS) is 28.6. The molecule has 0 saturated carbocycles. The number of benzene rings is 2. The van der Waals surface area contributed by atoms with Crippen LogP contribution in [0.3, 0.4) is 0 Å². The zero-order valence-electron chi connectivity index (χ0n) is 19.1. The number of hydrogen-bond acceptors (Lipinski definition) is 12. The Hall–Kier alpha value is -2.10. The first-order valence-electron chi connectivity index (χ1n) is 10.8. The van der Waals surface area contributed by atoms with Crippen LogP contribution >= 0.6 is 23.5 Å². The Balaban J connectivity index is 0.000000148. The Labute approximate surface area is 217 Å². The van der Waals surface area contributed by atoms with Gasteiger partial charge in [-0.25, -0.2) is 0 Å². The summed E-state index contributed by atoms with van der Waals surface area (Å²) >= 11 is 3.25. The first-order valence-corrected chi connectivity index (χ1v) is 16.2. The van der Waals surface area contributed by atoms with E-state index in [2.05, 4.69) is 10.3 Å². The molecule has 4 aliphatic heterocycles. The number of hydrogen-bond donors (Lipinski definition) is 0. The summed E-state index contributed by atoms with van der Waals surface area (Å²) < 4.78 is 56.6. The molecule has 0 aliphatic carbocycles. The van der Waals surface area contributed by atoms with Crippen molar-refractivity contribution >= 4 is 55.2 Å². The minimum atomic E-state index is -3.60. The molecule has 0 bridgehead atoms. The van der Waals surface area contributed by atoms with E-state index in [-0.39, 0.29) is 13.2 Å². The lowest BCUT2D eigenvalue weighted by Crippen LogP contribution is -2.31. The second kappa shape index (κ2) is 9.99. The zero-order chi connectivity index (χ0) is 25.5. The van der Waals surface area contributed by atoms with Crippen molar-refractivity contribution < 1.29 is 34.9 Å². The molecule has 2 aromatic carbocycles. The maximum atomic E-state index is 11.8. The molecule has 2 fully saturated rings. The predicted octanol–water partition coefficient (Wildman–Crippen LogP) is 2.48. The maximum Gasteiger partial charge on any atom is 0.280 e. The highest BCUT2D eigenvalue weighted by atomic mass is 32.2. The fourth-order valence-electron chi connectivity index (χ4n) is 4.12. The molecule has 192 valence electrons. The summed E-state index contributed by atoms with van der Waals surface area (Å²) in [5, 5.41) is 6.20. The van der Waals surface area contributed by atoms with Crippen LogP contribution in [-0.2, 0) is 38.3 Å². The van der Waals surface area contributed by atoms with Crippen LogP contribution in [0.1, 0.15) is 11.1 Å². The molecule has 14 heteroatoms. The summed E-state index contributed by atoms with van der Waals surface area (Å²) in [6.07, 6.45) is 2.95. The van der Waals surface area contributed by atoms with Gasteiger partial charge >= 0.3 is 0 Å². The van der Waals surface area contributed by atoms with E-state index in [0.717, 1.165) is 20.9 Å². The van der Waals surface area contributed by atoms with Crippen LogP contribution in [0.25, 0.3) is 0 Å². The summed E-state index contributed by atoms with van der Waals surface area (Å²) in [6.45, 7) is 0.0891.